The molecule has 0 saturated heterocycles. The van der Waals surface area contributed by atoms with Crippen LogP contribution in [0.5, 0.6) is 0 Å². The fraction of sp³-hybridized carbons (Fsp3) is 0.562. The number of para-hydroxylation sites is 1. The van der Waals surface area contributed by atoms with Gasteiger partial charge in [-0.15, -0.1) is 0 Å². The number of nitrogens with zero attached hydrogens (tertiary/aromatic N) is 1. The van der Waals surface area contributed by atoms with Gasteiger partial charge >= 0.3 is 0 Å². The first-order valence-corrected chi connectivity index (χ1v) is 6.68. The minimum Gasteiger partial charge on any atom is -0.383 e. The number of anilines is 1. The third kappa shape index (κ3) is 2.27. The molecule has 0 aromatic heterocycles. The Morgan fingerprint density at radius 2 is 1.89 bits per heavy atom. The minimum absolute atomic E-state index is 0.0620. The first-order valence-electron chi connectivity index (χ1n) is 6.68. The Hall–Kier alpha value is -1.35. The average Bonchev–Trinajstić information content (AvgIpc) is 2.52. The summed E-state index contributed by atoms with van der Waals surface area (Å²) in [7, 11) is 3.51. The van der Waals surface area contributed by atoms with Crippen molar-refractivity contribution in [3.05, 3.63) is 29.8 Å². The van der Waals surface area contributed by atoms with E-state index in [0.29, 0.717) is 6.61 Å². The highest BCUT2D eigenvalue weighted by atomic mass is 16.5. The molecule has 104 valence electrons. The van der Waals surface area contributed by atoms with Gasteiger partial charge in [-0.2, -0.15) is 0 Å². The van der Waals surface area contributed by atoms with Gasteiger partial charge in [-0.05, 0) is 23.5 Å². The van der Waals surface area contributed by atoms with Crippen LogP contribution in [0.1, 0.15) is 32.8 Å². The van der Waals surface area contributed by atoms with Crippen LogP contribution in [0.3, 0.4) is 0 Å². The van der Waals surface area contributed by atoms with Gasteiger partial charge in [0.2, 0.25) is 5.91 Å². The lowest BCUT2D eigenvalue weighted by atomic mass is 9.70. The molecule has 3 nitrogen and oxygen atoms in total. The van der Waals surface area contributed by atoms with E-state index in [0.717, 1.165) is 17.7 Å². The smallest absolute Gasteiger partial charge is 0.239 e. The zero-order valence-electron chi connectivity index (χ0n) is 12.5. The molecule has 19 heavy (non-hydrogen) atoms. The topological polar surface area (TPSA) is 29.5 Å². The molecule has 1 aliphatic rings. The van der Waals surface area contributed by atoms with E-state index in [2.05, 4.69) is 26.8 Å². The van der Waals surface area contributed by atoms with Crippen molar-refractivity contribution >= 4 is 11.6 Å². The molecule has 0 aliphatic carbocycles. The minimum atomic E-state index is -0.543. The number of likely N-dealkylation sites (N-methyl/N-ethyl adjacent to an activating group) is 1. The van der Waals surface area contributed by atoms with Gasteiger partial charge in [0.05, 0.1) is 6.61 Å². The summed E-state index contributed by atoms with van der Waals surface area (Å²) in [5.41, 5.74) is 1.62. The summed E-state index contributed by atoms with van der Waals surface area (Å²) < 4.78 is 5.40. The van der Waals surface area contributed by atoms with E-state index in [-0.39, 0.29) is 11.3 Å². The summed E-state index contributed by atoms with van der Waals surface area (Å²) >= 11 is 0. The SMILES string of the molecule is COCC1(CC(C)(C)C)C(=O)N(C)c2ccccc21. The van der Waals surface area contributed by atoms with Gasteiger partial charge in [0.15, 0.2) is 0 Å². The van der Waals surface area contributed by atoms with Crippen LogP contribution in [0.4, 0.5) is 5.69 Å². The highest BCUT2D eigenvalue weighted by Crippen LogP contribution is 2.47. The van der Waals surface area contributed by atoms with Gasteiger partial charge in [-0.1, -0.05) is 39.0 Å². The Balaban J connectivity index is 2.57. The first-order chi connectivity index (χ1) is 8.82. The number of carbonyl (C=O) groups is 1. The zero-order valence-corrected chi connectivity index (χ0v) is 12.5. The molecule has 1 aromatic rings. The molecule has 1 unspecified atom stereocenters. The monoisotopic (exact) mass is 261 g/mol. The van der Waals surface area contributed by atoms with E-state index in [9.17, 15) is 4.79 Å². The predicted octanol–water partition coefficient (Wildman–Crippen LogP) is 2.98. The highest BCUT2D eigenvalue weighted by molar-refractivity contribution is 6.07. The molecule has 3 heteroatoms. The van der Waals surface area contributed by atoms with Crippen LogP contribution in [0, 0.1) is 5.41 Å². The molecule has 1 aliphatic heterocycles. The lowest BCUT2D eigenvalue weighted by Crippen LogP contribution is -2.44. The molecule has 1 amide bonds. The van der Waals surface area contributed by atoms with Crippen molar-refractivity contribution in [2.24, 2.45) is 5.41 Å². The molecule has 0 N–H and O–H groups in total. The maximum atomic E-state index is 12.8. The van der Waals surface area contributed by atoms with Gasteiger partial charge in [0, 0.05) is 19.8 Å². The van der Waals surface area contributed by atoms with Crippen LogP contribution in [0.15, 0.2) is 24.3 Å². The van der Waals surface area contributed by atoms with Gasteiger partial charge in [-0.3, -0.25) is 4.79 Å². The number of ether oxygens (including phenoxy) is 1. The van der Waals surface area contributed by atoms with Gasteiger partial charge in [0.1, 0.15) is 5.41 Å². The van der Waals surface area contributed by atoms with Gasteiger partial charge in [0.25, 0.3) is 0 Å². The molecule has 0 bridgehead atoms. The lowest BCUT2D eigenvalue weighted by molar-refractivity contribution is -0.126. The van der Waals surface area contributed by atoms with E-state index in [1.807, 2.05) is 25.2 Å². The molecule has 2 rings (SSSR count). The van der Waals surface area contributed by atoms with Crippen molar-refractivity contribution in [1.29, 1.82) is 0 Å². The van der Waals surface area contributed by atoms with Gasteiger partial charge < -0.3 is 9.64 Å². The van der Waals surface area contributed by atoms with Crippen LogP contribution in [0.2, 0.25) is 0 Å². The highest BCUT2D eigenvalue weighted by Gasteiger charge is 2.51. The summed E-state index contributed by atoms with van der Waals surface area (Å²) in [6, 6.07) is 8.04. The van der Waals surface area contributed by atoms with E-state index in [1.165, 1.54) is 0 Å². The van der Waals surface area contributed by atoms with E-state index >= 15 is 0 Å². The summed E-state index contributed by atoms with van der Waals surface area (Å²) in [5, 5.41) is 0. The fourth-order valence-electron chi connectivity index (χ4n) is 3.23. The second-order valence-corrected chi connectivity index (χ2v) is 6.63. The number of benzene rings is 1. The maximum Gasteiger partial charge on any atom is 0.239 e. The predicted molar refractivity (Wildman–Crippen MR) is 77.5 cm³/mol. The standard InChI is InChI=1S/C16H23NO2/c1-15(2,3)10-16(11-19-5)12-8-6-7-9-13(12)17(4)14(16)18/h6-9H,10-11H2,1-5H3. The second kappa shape index (κ2) is 4.64. The maximum absolute atomic E-state index is 12.8. The third-order valence-electron chi connectivity index (χ3n) is 3.72. The third-order valence-corrected chi connectivity index (χ3v) is 3.72. The normalized spacial score (nSPS) is 22.8. The van der Waals surface area contributed by atoms with Crippen molar-refractivity contribution in [1.82, 2.24) is 0 Å². The van der Waals surface area contributed by atoms with E-state index in [4.69, 9.17) is 4.74 Å². The van der Waals surface area contributed by atoms with Crippen molar-refractivity contribution < 1.29 is 9.53 Å². The number of hydrogen-bond acceptors (Lipinski definition) is 2. The van der Waals surface area contributed by atoms with Crippen LogP contribution >= 0.6 is 0 Å². The van der Waals surface area contributed by atoms with Crippen LogP contribution in [-0.4, -0.2) is 26.7 Å². The number of methoxy groups -OCH3 is 1. The Morgan fingerprint density at radius 3 is 2.47 bits per heavy atom. The van der Waals surface area contributed by atoms with Crippen LogP contribution in [-0.2, 0) is 14.9 Å². The summed E-state index contributed by atoms with van der Waals surface area (Å²) in [6.45, 7) is 6.93. The Morgan fingerprint density at radius 1 is 1.26 bits per heavy atom. The molecule has 1 heterocycles. The van der Waals surface area contributed by atoms with Crippen molar-refractivity contribution in [2.75, 3.05) is 25.7 Å². The van der Waals surface area contributed by atoms with Crippen LogP contribution in [0.25, 0.3) is 0 Å². The lowest BCUT2D eigenvalue weighted by Gasteiger charge is -2.34. The number of carbonyl (C=O) groups excluding carboxylic acids is 1. The van der Waals surface area contributed by atoms with Crippen LogP contribution < -0.4 is 4.90 Å². The molecule has 0 fully saturated rings. The number of rotatable bonds is 3. The molecule has 0 saturated carbocycles. The van der Waals surface area contributed by atoms with Crippen molar-refractivity contribution in [3.8, 4) is 0 Å². The number of hydrogen-bond donors (Lipinski definition) is 0. The average molecular weight is 261 g/mol. The van der Waals surface area contributed by atoms with E-state index in [1.54, 1.807) is 12.0 Å². The number of fused-ring (bicyclic) bond motifs is 1. The molecule has 1 aromatic carbocycles. The zero-order chi connectivity index (χ0) is 14.3. The van der Waals surface area contributed by atoms with Gasteiger partial charge in [-0.25, -0.2) is 0 Å². The Labute approximate surface area is 115 Å². The van der Waals surface area contributed by atoms with E-state index < -0.39 is 5.41 Å². The summed E-state index contributed by atoms with van der Waals surface area (Å²) in [4.78, 5) is 14.6. The largest absolute Gasteiger partial charge is 0.383 e. The first kappa shape index (κ1) is 14.1. The molecular weight excluding hydrogens is 238 g/mol. The molecule has 0 radical (unpaired) electrons. The number of amides is 1. The fourth-order valence-corrected chi connectivity index (χ4v) is 3.23. The Kier molecular flexibility index (Phi) is 3.43. The second-order valence-electron chi connectivity index (χ2n) is 6.63. The summed E-state index contributed by atoms with van der Waals surface area (Å²) in [6.07, 6.45) is 0.786. The summed E-state index contributed by atoms with van der Waals surface area (Å²) in [5.74, 6) is 0.144. The quantitative estimate of drug-likeness (QED) is 0.837. The van der Waals surface area contributed by atoms with Crippen molar-refractivity contribution in [3.63, 3.8) is 0 Å². The Bertz CT molecular complexity index is 490. The molecular formula is C16H23NO2. The molecule has 1 atom stereocenters. The van der Waals surface area contributed by atoms with Crippen molar-refractivity contribution in [2.45, 2.75) is 32.6 Å². The molecule has 0 spiro atoms.